The highest BCUT2D eigenvalue weighted by molar-refractivity contribution is 5.96. The van der Waals surface area contributed by atoms with Gasteiger partial charge in [-0.15, -0.1) is 0 Å². The Morgan fingerprint density at radius 3 is 2.32 bits per heavy atom. The standard InChI is InChI=1S/C14H20N2O3/c1-9-7-6-8-11(10(9)2)12(17)15-16-13(18)19-14(3,4)5/h6-8H,1-5H3,(H,15,17)(H,16,18). The molecule has 0 aromatic heterocycles. The third-order valence-corrected chi connectivity index (χ3v) is 2.53. The van der Waals surface area contributed by atoms with Gasteiger partial charge in [0.15, 0.2) is 0 Å². The van der Waals surface area contributed by atoms with Gasteiger partial charge in [0.2, 0.25) is 0 Å². The molecule has 1 aromatic carbocycles. The van der Waals surface area contributed by atoms with Crippen LogP contribution in [0.3, 0.4) is 0 Å². The second kappa shape index (κ2) is 5.73. The molecule has 0 aliphatic heterocycles. The van der Waals surface area contributed by atoms with E-state index in [4.69, 9.17) is 4.74 Å². The third kappa shape index (κ3) is 4.62. The van der Waals surface area contributed by atoms with Gasteiger partial charge in [0.05, 0.1) is 0 Å². The van der Waals surface area contributed by atoms with Crippen molar-refractivity contribution in [3.8, 4) is 0 Å². The van der Waals surface area contributed by atoms with Crippen molar-refractivity contribution in [2.24, 2.45) is 0 Å². The smallest absolute Gasteiger partial charge is 0.426 e. The second-order valence-electron chi connectivity index (χ2n) is 5.33. The summed E-state index contributed by atoms with van der Waals surface area (Å²) < 4.78 is 5.01. The van der Waals surface area contributed by atoms with E-state index >= 15 is 0 Å². The van der Waals surface area contributed by atoms with E-state index in [0.717, 1.165) is 11.1 Å². The summed E-state index contributed by atoms with van der Waals surface area (Å²) >= 11 is 0. The van der Waals surface area contributed by atoms with Crippen LogP contribution in [0.2, 0.25) is 0 Å². The number of rotatable bonds is 1. The molecule has 104 valence electrons. The van der Waals surface area contributed by atoms with Crippen LogP contribution in [-0.4, -0.2) is 17.6 Å². The summed E-state index contributed by atoms with van der Waals surface area (Å²) in [6, 6.07) is 5.42. The first-order valence-electron chi connectivity index (χ1n) is 6.06. The topological polar surface area (TPSA) is 67.4 Å². The van der Waals surface area contributed by atoms with Crippen molar-refractivity contribution in [2.75, 3.05) is 0 Å². The molecular weight excluding hydrogens is 244 g/mol. The summed E-state index contributed by atoms with van der Waals surface area (Å²) in [7, 11) is 0. The number of carbonyl (C=O) groups is 2. The van der Waals surface area contributed by atoms with Crippen LogP contribution in [0.15, 0.2) is 18.2 Å². The normalized spacial score (nSPS) is 10.8. The molecule has 0 fully saturated rings. The molecule has 5 heteroatoms. The van der Waals surface area contributed by atoms with Crippen LogP contribution < -0.4 is 10.9 Å². The number of amides is 2. The zero-order chi connectivity index (χ0) is 14.6. The Bertz CT molecular complexity index is 490. The molecule has 0 heterocycles. The molecule has 19 heavy (non-hydrogen) atoms. The molecule has 1 rings (SSSR count). The summed E-state index contributed by atoms with van der Waals surface area (Å²) in [6.07, 6.45) is -0.689. The number of hydrogen-bond acceptors (Lipinski definition) is 3. The van der Waals surface area contributed by atoms with Crippen LogP contribution >= 0.6 is 0 Å². The van der Waals surface area contributed by atoms with Crippen LogP contribution in [0.1, 0.15) is 42.3 Å². The Labute approximate surface area is 113 Å². The fourth-order valence-electron chi connectivity index (χ4n) is 1.48. The molecule has 1 aromatic rings. The lowest BCUT2D eigenvalue weighted by molar-refractivity contribution is 0.0483. The summed E-state index contributed by atoms with van der Waals surface area (Å²) in [6.45, 7) is 9.03. The summed E-state index contributed by atoms with van der Waals surface area (Å²) in [4.78, 5) is 23.3. The van der Waals surface area contributed by atoms with Gasteiger partial charge in [-0.05, 0) is 51.8 Å². The molecule has 0 aliphatic carbocycles. The van der Waals surface area contributed by atoms with Gasteiger partial charge in [0, 0.05) is 5.56 Å². The van der Waals surface area contributed by atoms with E-state index in [1.165, 1.54) is 0 Å². The highest BCUT2D eigenvalue weighted by Gasteiger charge is 2.17. The maximum absolute atomic E-state index is 11.9. The van der Waals surface area contributed by atoms with E-state index < -0.39 is 11.7 Å². The van der Waals surface area contributed by atoms with Crippen molar-refractivity contribution < 1.29 is 14.3 Å². The average molecular weight is 264 g/mol. The van der Waals surface area contributed by atoms with E-state index in [-0.39, 0.29) is 5.91 Å². The van der Waals surface area contributed by atoms with Crippen molar-refractivity contribution in [3.05, 3.63) is 34.9 Å². The lowest BCUT2D eigenvalue weighted by atomic mass is 10.0. The van der Waals surface area contributed by atoms with Crippen LogP contribution in [0, 0.1) is 13.8 Å². The minimum Gasteiger partial charge on any atom is -0.443 e. The molecule has 2 amide bonds. The summed E-state index contributed by atoms with van der Waals surface area (Å²) in [5, 5.41) is 0. The number of ether oxygens (including phenoxy) is 1. The third-order valence-electron chi connectivity index (χ3n) is 2.53. The van der Waals surface area contributed by atoms with Gasteiger partial charge in [-0.3, -0.25) is 10.2 Å². The number of carbonyl (C=O) groups excluding carboxylic acids is 2. The van der Waals surface area contributed by atoms with Gasteiger partial charge in [-0.2, -0.15) is 0 Å². The first kappa shape index (κ1) is 15.0. The molecular formula is C14H20N2O3. The van der Waals surface area contributed by atoms with Crippen LogP contribution in [0.25, 0.3) is 0 Å². The number of nitrogens with one attached hydrogen (secondary N) is 2. The summed E-state index contributed by atoms with van der Waals surface area (Å²) in [5.41, 5.74) is 6.37. The quantitative estimate of drug-likeness (QED) is 0.766. The van der Waals surface area contributed by atoms with Gasteiger partial charge in [-0.25, -0.2) is 10.2 Å². The Balaban J connectivity index is 2.61. The van der Waals surface area contributed by atoms with Crippen molar-refractivity contribution in [1.29, 1.82) is 0 Å². The van der Waals surface area contributed by atoms with E-state index in [1.54, 1.807) is 32.9 Å². The fourth-order valence-corrected chi connectivity index (χ4v) is 1.48. The van der Waals surface area contributed by atoms with E-state index in [0.29, 0.717) is 5.56 Å². The number of benzene rings is 1. The molecule has 0 bridgehead atoms. The predicted octanol–water partition coefficient (Wildman–Crippen LogP) is 2.47. The minimum absolute atomic E-state index is 0.368. The van der Waals surface area contributed by atoms with Crippen LogP contribution in [0.4, 0.5) is 4.79 Å². The predicted molar refractivity (Wildman–Crippen MR) is 72.8 cm³/mol. The van der Waals surface area contributed by atoms with E-state index in [9.17, 15) is 9.59 Å². The monoisotopic (exact) mass is 264 g/mol. The minimum atomic E-state index is -0.689. The van der Waals surface area contributed by atoms with Gasteiger partial charge in [0.1, 0.15) is 5.60 Å². The first-order chi connectivity index (χ1) is 8.70. The Morgan fingerprint density at radius 2 is 1.74 bits per heavy atom. The van der Waals surface area contributed by atoms with Gasteiger partial charge in [-0.1, -0.05) is 12.1 Å². The highest BCUT2D eigenvalue weighted by atomic mass is 16.6. The largest absolute Gasteiger partial charge is 0.443 e. The van der Waals surface area contributed by atoms with Crippen molar-refractivity contribution in [2.45, 2.75) is 40.2 Å². The lowest BCUT2D eigenvalue weighted by Gasteiger charge is -2.20. The van der Waals surface area contributed by atoms with Crippen LogP contribution in [-0.2, 0) is 4.74 Å². The van der Waals surface area contributed by atoms with E-state index in [2.05, 4.69) is 10.9 Å². The number of hydrazine groups is 1. The molecule has 0 aliphatic rings. The summed E-state index contributed by atoms with van der Waals surface area (Å²) in [5.74, 6) is -0.368. The van der Waals surface area contributed by atoms with Crippen molar-refractivity contribution in [1.82, 2.24) is 10.9 Å². The SMILES string of the molecule is Cc1cccc(C(=O)NNC(=O)OC(C)(C)C)c1C. The zero-order valence-electron chi connectivity index (χ0n) is 12.0. The number of aryl methyl sites for hydroxylation is 1. The fraction of sp³-hybridized carbons (Fsp3) is 0.429. The molecule has 0 unspecified atom stereocenters. The van der Waals surface area contributed by atoms with E-state index in [1.807, 2.05) is 19.9 Å². The molecule has 0 radical (unpaired) electrons. The first-order valence-corrected chi connectivity index (χ1v) is 6.06. The second-order valence-corrected chi connectivity index (χ2v) is 5.33. The number of hydrogen-bond donors (Lipinski definition) is 2. The Morgan fingerprint density at radius 1 is 1.11 bits per heavy atom. The molecule has 0 atom stereocenters. The molecule has 2 N–H and O–H groups in total. The van der Waals surface area contributed by atoms with Gasteiger partial charge in [0.25, 0.3) is 5.91 Å². The Hall–Kier alpha value is -2.04. The maximum atomic E-state index is 11.9. The maximum Gasteiger partial charge on any atom is 0.426 e. The average Bonchev–Trinajstić information content (AvgIpc) is 2.27. The molecule has 5 nitrogen and oxygen atoms in total. The zero-order valence-corrected chi connectivity index (χ0v) is 12.0. The Kier molecular flexibility index (Phi) is 4.53. The van der Waals surface area contributed by atoms with Crippen molar-refractivity contribution in [3.63, 3.8) is 0 Å². The molecule has 0 saturated carbocycles. The lowest BCUT2D eigenvalue weighted by Crippen LogP contribution is -2.44. The van der Waals surface area contributed by atoms with Gasteiger partial charge < -0.3 is 4.74 Å². The molecule has 0 spiro atoms. The van der Waals surface area contributed by atoms with Crippen molar-refractivity contribution >= 4 is 12.0 Å². The van der Waals surface area contributed by atoms with Crippen LogP contribution in [0.5, 0.6) is 0 Å². The highest BCUT2D eigenvalue weighted by Crippen LogP contribution is 2.12. The van der Waals surface area contributed by atoms with Gasteiger partial charge >= 0.3 is 6.09 Å². The molecule has 0 saturated heterocycles.